The van der Waals surface area contributed by atoms with Crippen LogP contribution >= 0.6 is 0 Å². The number of carbonyl (C=O) groups is 1. The second-order valence-electron chi connectivity index (χ2n) is 5.29. The molecule has 1 amide bonds. The second-order valence-corrected chi connectivity index (χ2v) is 5.29. The van der Waals surface area contributed by atoms with E-state index in [1.54, 1.807) is 18.3 Å². The Hall–Kier alpha value is -2.69. The SMILES string of the molecule is CCOc1ccccc1C(=O)N/N=C1\CCCc2cccnc21. The normalized spacial score (nSPS) is 15.1. The van der Waals surface area contributed by atoms with Gasteiger partial charge in [0.1, 0.15) is 5.75 Å². The second kappa shape index (κ2) is 7.05. The number of benzene rings is 1. The van der Waals surface area contributed by atoms with Gasteiger partial charge in [-0.3, -0.25) is 9.78 Å². The topological polar surface area (TPSA) is 63.6 Å². The van der Waals surface area contributed by atoms with E-state index in [4.69, 9.17) is 4.74 Å². The Kier molecular flexibility index (Phi) is 4.66. The van der Waals surface area contributed by atoms with Crippen LogP contribution in [0.25, 0.3) is 0 Å². The Morgan fingerprint density at radius 2 is 2.13 bits per heavy atom. The number of pyridine rings is 1. The van der Waals surface area contributed by atoms with Crippen LogP contribution in [-0.2, 0) is 6.42 Å². The van der Waals surface area contributed by atoms with Crippen LogP contribution in [0.3, 0.4) is 0 Å². The van der Waals surface area contributed by atoms with Crippen molar-refractivity contribution in [3.05, 3.63) is 59.4 Å². The predicted molar refractivity (Wildman–Crippen MR) is 88.8 cm³/mol. The van der Waals surface area contributed by atoms with Crippen LogP contribution < -0.4 is 10.2 Å². The first-order valence-electron chi connectivity index (χ1n) is 7.82. The number of hydrogen-bond acceptors (Lipinski definition) is 4. The van der Waals surface area contributed by atoms with Gasteiger partial charge in [-0.1, -0.05) is 18.2 Å². The molecule has 0 aliphatic heterocycles. The van der Waals surface area contributed by atoms with E-state index >= 15 is 0 Å². The molecule has 0 unspecified atom stereocenters. The van der Waals surface area contributed by atoms with Gasteiger partial charge in [-0.15, -0.1) is 0 Å². The minimum absolute atomic E-state index is 0.274. The number of carbonyl (C=O) groups excluding carboxylic acids is 1. The van der Waals surface area contributed by atoms with Crippen molar-refractivity contribution in [3.63, 3.8) is 0 Å². The van der Waals surface area contributed by atoms with Gasteiger partial charge in [0.2, 0.25) is 0 Å². The Balaban J connectivity index is 1.80. The summed E-state index contributed by atoms with van der Waals surface area (Å²) in [5.74, 6) is 0.291. The maximum atomic E-state index is 12.4. The van der Waals surface area contributed by atoms with E-state index < -0.39 is 0 Å². The number of hydrazone groups is 1. The molecule has 1 heterocycles. The number of rotatable bonds is 4. The highest BCUT2D eigenvalue weighted by molar-refractivity contribution is 6.03. The van der Waals surface area contributed by atoms with Crippen LogP contribution in [0.15, 0.2) is 47.7 Å². The summed E-state index contributed by atoms with van der Waals surface area (Å²) in [6, 6.07) is 11.1. The smallest absolute Gasteiger partial charge is 0.275 e. The standard InChI is InChI=1S/C18H19N3O2/c1-2-23-16-11-4-3-9-14(16)18(22)21-20-15-10-5-7-13-8-6-12-19-17(13)15/h3-4,6,8-9,11-12H,2,5,7,10H2,1H3,(H,21,22)/b20-15+. The van der Waals surface area contributed by atoms with Gasteiger partial charge >= 0.3 is 0 Å². The summed E-state index contributed by atoms with van der Waals surface area (Å²) in [6.45, 7) is 2.40. The number of para-hydroxylation sites is 1. The number of hydrogen-bond donors (Lipinski definition) is 1. The van der Waals surface area contributed by atoms with Crippen molar-refractivity contribution >= 4 is 11.6 Å². The molecule has 2 aromatic rings. The molecule has 23 heavy (non-hydrogen) atoms. The Morgan fingerprint density at radius 3 is 3.00 bits per heavy atom. The van der Waals surface area contributed by atoms with Gasteiger partial charge in [0.15, 0.2) is 0 Å². The van der Waals surface area contributed by atoms with Crippen LogP contribution in [-0.4, -0.2) is 23.2 Å². The van der Waals surface area contributed by atoms with Gasteiger partial charge in [0, 0.05) is 6.20 Å². The minimum atomic E-state index is -0.274. The van der Waals surface area contributed by atoms with Crippen LogP contribution in [0.2, 0.25) is 0 Å². The molecular weight excluding hydrogens is 290 g/mol. The number of amides is 1. The highest BCUT2D eigenvalue weighted by atomic mass is 16.5. The number of ether oxygens (including phenoxy) is 1. The van der Waals surface area contributed by atoms with Gasteiger partial charge in [-0.25, -0.2) is 5.43 Å². The zero-order valence-electron chi connectivity index (χ0n) is 13.1. The highest BCUT2D eigenvalue weighted by Crippen LogP contribution is 2.20. The van der Waals surface area contributed by atoms with E-state index in [2.05, 4.69) is 21.6 Å². The predicted octanol–water partition coefficient (Wildman–Crippen LogP) is 2.95. The van der Waals surface area contributed by atoms with Crippen molar-refractivity contribution in [3.8, 4) is 5.75 Å². The lowest BCUT2D eigenvalue weighted by molar-refractivity contribution is 0.0951. The van der Waals surface area contributed by atoms with Crippen LogP contribution in [0.4, 0.5) is 0 Å². The lowest BCUT2D eigenvalue weighted by Gasteiger charge is -2.16. The maximum absolute atomic E-state index is 12.4. The summed E-state index contributed by atoms with van der Waals surface area (Å²) in [4.78, 5) is 16.8. The van der Waals surface area contributed by atoms with Crippen LogP contribution in [0.1, 0.15) is 41.4 Å². The highest BCUT2D eigenvalue weighted by Gasteiger charge is 2.17. The first kappa shape index (κ1) is 15.2. The quantitative estimate of drug-likeness (QED) is 0.883. The number of nitrogens with zero attached hydrogens (tertiary/aromatic N) is 2. The van der Waals surface area contributed by atoms with E-state index in [1.807, 2.05) is 25.1 Å². The summed E-state index contributed by atoms with van der Waals surface area (Å²) in [6.07, 6.45) is 4.59. The third kappa shape index (κ3) is 3.39. The fourth-order valence-corrected chi connectivity index (χ4v) is 2.69. The molecule has 118 valence electrons. The van der Waals surface area contributed by atoms with Crippen molar-refractivity contribution in [2.45, 2.75) is 26.2 Å². The zero-order chi connectivity index (χ0) is 16.1. The monoisotopic (exact) mass is 309 g/mol. The molecule has 5 nitrogen and oxygen atoms in total. The molecule has 0 spiro atoms. The summed E-state index contributed by atoms with van der Waals surface area (Å²) >= 11 is 0. The summed E-state index contributed by atoms with van der Waals surface area (Å²) in [5, 5.41) is 4.30. The molecule has 0 fully saturated rings. The van der Waals surface area contributed by atoms with Gasteiger partial charge in [0.25, 0.3) is 5.91 Å². The number of aromatic nitrogens is 1. The molecule has 5 heteroatoms. The van der Waals surface area contributed by atoms with Gasteiger partial charge < -0.3 is 4.74 Å². The molecule has 1 N–H and O–H groups in total. The van der Waals surface area contributed by atoms with E-state index in [-0.39, 0.29) is 5.91 Å². The average Bonchev–Trinajstić information content (AvgIpc) is 2.60. The third-order valence-electron chi connectivity index (χ3n) is 3.75. The fourth-order valence-electron chi connectivity index (χ4n) is 2.69. The lowest BCUT2D eigenvalue weighted by atomic mass is 9.95. The Labute approximate surface area is 135 Å². The average molecular weight is 309 g/mol. The molecule has 1 aliphatic carbocycles. The van der Waals surface area contributed by atoms with Crippen molar-refractivity contribution < 1.29 is 9.53 Å². The van der Waals surface area contributed by atoms with Crippen molar-refractivity contribution in [1.82, 2.24) is 10.4 Å². The summed E-state index contributed by atoms with van der Waals surface area (Å²) < 4.78 is 5.48. The first-order chi connectivity index (χ1) is 11.3. The molecule has 3 rings (SSSR count). The van der Waals surface area contributed by atoms with Gasteiger partial charge in [-0.05, 0) is 49.9 Å². The summed E-state index contributed by atoms with van der Waals surface area (Å²) in [7, 11) is 0. The first-order valence-corrected chi connectivity index (χ1v) is 7.82. The van der Waals surface area contributed by atoms with E-state index in [1.165, 1.54) is 5.56 Å². The lowest BCUT2D eigenvalue weighted by Crippen LogP contribution is -2.23. The number of fused-ring (bicyclic) bond motifs is 1. The van der Waals surface area contributed by atoms with Crippen molar-refractivity contribution in [1.29, 1.82) is 0 Å². The van der Waals surface area contributed by atoms with Crippen molar-refractivity contribution in [2.24, 2.45) is 5.10 Å². The number of aryl methyl sites for hydroxylation is 1. The minimum Gasteiger partial charge on any atom is -0.493 e. The molecule has 0 saturated carbocycles. The molecular formula is C18H19N3O2. The molecule has 0 atom stereocenters. The van der Waals surface area contributed by atoms with Crippen molar-refractivity contribution in [2.75, 3.05) is 6.61 Å². The molecule has 0 radical (unpaired) electrons. The molecule has 0 bridgehead atoms. The zero-order valence-corrected chi connectivity index (χ0v) is 13.1. The Morgan fingerprint density at radius 1 is 1.26 bits per heavy atom. The van der Waals surface area contributed by atoms with Crippen LogP contribution in [0, 0.1) is 0 Å². The molecule has 1 aliphatic rings. The van der Waals surface area contributed by atoms with Gasteiger partial charge in [-0.2, -0.15) is 5.10 Å². The number of nitrogens with one attached hydrogen (secondary N) is 1. The maximum Gasteiger partial charge on any atom is 0.275 e. The Bertz CT molecular complexity index is 741. The van der Waals surface area contributed by atoms with Crippen LogP contribution in [0.5, 0.6) is 5.75 Å². The van der Waals surface area contributed by atoms with E-state index in [9.17, 15) is 4.79 Å². The van der Waals surface area contributed by atoms with E-state index in [0.29, 0.717) is 17.9 Å². The summed E-state index contributed by atoms with van der Waals surface area (Å²) in [5.41, 5.74) is 6.02. The largest absolute Gasteiger partial charge is 0.493 e. The fraction of sp³-hybridized carbons (Fsp3) is 0.278. The molecule has 0 saturated heterocycles. The molecule has 1 aromatic heterocycles. The van der Waals surface area contributed by atoms with Gasteiger partial charge in [0.05, 0.1) is 23.6 Å². The van der Waals surface area contributed by atoms with E-state index in [0.717, 1.165) is 30.7 Å². The molecule has 1 aromatic carbocycles. The third-order valence-corrected chi connectivity index (χ3v) is 3.75.